The van der Waals surface area contributed by atoms with Gasteiger partial charge in [-0.1, -0.05) is 18.5 Å². The van der Waals surface area contributed by atoms with Crippen LogP contribution in [0.1, 0.15) is 24.5 Å². The highest BCUT2D eigenvalue weighted by Crippen LogP contribution is 2.32. The molecule has 0 aliphatic rings. The monoisotopic (exact) mass is 452 g/mol. The molecular weight excluding hydrogens is 437 g/mol. The van der Waals surface area contributed by atoms with Gasteiger partial charge in [-0.2, -0.15) is 18.3 Å². The van der Waals surface area contributed by atoms with E-state index in [1.807, 2.05) is 6.92 Å². The highest BCUT2D eigenvalue weighted by molar-refractivity contribution is 6.31. The van der Waals surface area contributed by atoms with Crippen LogP contribution in [0.4, 0.5) is 13.2 Å². The molecule has 0 radical (unpaired) electrons. The molecule has 8 nitrogen and oxygen atoms in total. The molecule has 4 aromatic rings. The Morgan fingerprint density at radius 3 is 2.68 bits per heavy atom. The molecule has 0 unspecified atom stereocenters. The molecule has 2 N–H and O–H groups in total. The first-order chi connectivity index (χ1) is 14.7. The van der Waals surface area contributed by atoms with Crippen molar-refractivity contribution in [3.8, 4) is 11.4 Å². The molecule has 1 aromatic carbocycles. The van der Waals surface area contributed by atoms with Crippen LogP contribution in [-0.4, -0.2) is 29.3 Å². The van der Waals surface area contributed by atoms with Crippen molar-refractivity contribution < 1.29 is 13.2 Å². The van der Waals surface area contributed by atoms with Crippen LogP contribution in [0.15, 0.2) is 40.2 Å². The van der Waals surface area contributed by atoms with Crippen molar-refractivity contribution in [3.63, 3.8) is 0 Å². The van der Waals surface area contributed by atoms with Gasteiger partial charge in [0.25, 0.3) is 5.56 Å². The Bertz CT molecular complexity index is 1380. The van der Waals surface area contributed by atoms with Crippen molar-refractivity contribution in [3.05, 3.63) is 67.6 Å². The van der Waals surface area contributed by atoms with Crippen LogP contribution in [0.2, 0.25) is 5.02 Å². The second-order valence-corrected chi connectivity index (χ2v) is 7.33. The highest BCUT2D eigenvalue weighted by atomic mass is 35.5. The number of halogens is 4. The number of nitrogens with one attached hydrogen (secondary N) is 2. The van der Waals surface area contributed by atoms with Crippen LogP contribution in [0.3, 0.4) is 0 Å². The van der Waals surface area contributed by atoms with Gasteiger partial charge in [-0.05, 0) is 30.2 Å². The lowest BCUT2D eigenvalue weighted by molar-refractivity contribution is -0.137. The Morgan fingerprint density at radius 1 is 1.19 bits per heavy atom. The third-order valence-electron chi connectivity index (χ3n) is 4.69. The fourth-order valence-corrected chi connectivity index (χ4v) is 3.37. The normalized spacial score (nSPS) is 12.0. The fraction of sp³-hybridized carbons (Fsp3) is 0.263. The zero-order chi connectivity index (χ0) is 22.3. The summed E-state index contributed by atoms with van der Waals surface area (Å²) in [5, 5.41) is 4.32. The number of aromatic nitrogens is 6. The summed E-state index contributed by atoms with van der Waals surface area (Å²) >= 11 is 6.05. The van der Waals surface area contributed by atoms with E-state index in [-0.39, 0.29) is 34.8 Å². The quantitative estimate of drug-likeness (QED) is 0.484. The van der Waals surface area contributed by atoms with Gasteiger partial charge >= 0.3 is 11.9 Å². The molecule has 12 heteroatoms. The van der Waals surface area contributed by atoms with Crippen LogP contribution in [0, 0.1) is 0 Å². The van der Waals surface area contributed by atoms with Gasteiger partial charge in [0.15, 0.2) is 5.65 Å². The lowest BCUT2D eigenvalue weighted by Gasteiger charge is -2.10. The van der Waals surface area contributed by atoms with Gasteiger partial charge in [0.05, 0.1) is 23.9 Å². The molecule has 3 heterocycles. The van der Waals surface area contributed by atoms with E-state index in [1.54, 1.807) is 6.20 Å². The lowest BCUT2D eigenvalue weighted by atomic mass is 10.1. The van der Waals surface area contributed by atoms with Crippen LogP contribution in [0.25, 0.3) is 22.6 Å². The minimum atomic E-state index is -4.48. The van der Waals surface area contributed by atoms with E-state index in [0.29, 0.717) is 17.8 Å². The van der Waals surface area contributed by atoms with E-state index in [0.717, 1.165) is 16.7 Å². The molecule has 0 saturated heterocycles. The van der Waals surface area contributed by atoms with E-state index in [9.17, 15) is 22.8 Å². The smallest absolute Gasteiger partial charge is 0.332 e. The molecule has 0 amide bonds. The second-order valence-electron chi connectivity index (χ2n) is 6.93. The topological polar surface area (TPSA) is 101 Å². The second kappa shape index (κ2) is 7.73. The Balaban J connectivity index is 1.67. The van der Waals surface area contributed by atoms with Crippen molar-refractivity contribution in [2.45, 2.75) is 32.6 Å². The first kappa shape index (κ1) is 20.9. The molecule has 3 aromatic heterocycles. The maximum atomic E-state index is 13.0. The lowest BCUT2D eigenvalue weighted by Crippen LogP contribution is -2.34. The largest absolute Gasteiger partial charge is 0.416 e. The Morgan fingerprint density at radius 2 is 1.97 bits per heavy atom. The zero-order valence-corrected chi connectivity index (χ0v) is 16.9. The van der Waals surface area contributed by atoms with Gasteiger partial charge in [0.2, 0.25) is 0 Å². The number of H-pyrrole nitrogens is 2. The summed E-state index contributed by atoms with van der Waals surface area (Å²) in [7, 11) is 0. The number of alkyl halides is 3. The first-order valence-electron chi connectivity index (χ1n) is 9.28. The minimum Gasteiger partial charge on any atom is -0.332 e. The number of nitrogens with zero attached hydrogens (tertiary/aromatic N) is 4. The maximum absolute atomic E-state index is 13.0. The van der Waals surface area contributed by atoms with Crippen LogP contribution in [-0.2, 0) is 19.3 Å². The molecular formula is C19H16ClF3N6O2. The number of imidazole rings is 1. The van der Waals surface area contributed by atoms with Gasteiger partial charge in [0.1, 0.15) is 11.3 Å². The summed E-state index contributed by atoms with van der Waals surface area (Å²) in [6.07, 6.45) is -0.871. The van der Waals surface area contributed by atoms with Gasteiger partial charge in [-0.3, -0.25) is 19.0 Å². The number of hydrogen-bond donors (Lipinski definition) is 2. The van der Waals surface area contributed by atoms with E-state index >= 15 is 0 Å². The third kappa shape index (κ3) is 4.00. The molecule has 0 spiro atoms. The summed E-state index contributed by atoms with van der Waals surface area (Å²) in [6, 6.07) is 3.09. The predicted octanol–water partition coefficient (Wildman–Crippen LogP) is 3.41. The standard InChI is InChI=1S/C19H16ClF3N6O2/c1-2-5-29-17(30)14-16(27-18(29)31)26-15(25-14)11-7-24-28(9-11)8-10-6-12(19(21,22)23)3-4-13(10)20/h3-4,6-7,9H,2,5,8H2,1H3,(H,25,26)(H,27,31). The van der Waals surface area contributed by atoms with E-state index in [1.165, 1.54) is 16.9 Å². The van der Waals surface area contributed by atoms with Crippen molar-refractivity contribution >= 4 is 22.8 Å². The predicted molar refractivity (Wildman–Crippen MR) is 108 cm³/mol. The summed E-state index contributed by atoms with van der Waals surface area (Å²) < 4.78 is 41.4. The molecule has 0 atom stereocenters. The fourth-order valence-electron chi connectivity index (χ4n) is 3.20. The van der Waals surface area contributed by atoms with Crippen LogP contribution in [0.5, 0.6) is 0 Å². The van der Waals surface area contributed by atoms with Gasteiger partial charge in [0, 0.05) is 17.8 Å². The SMILES string of the molecule is CCCn1c(=O)[nH]c2nc(-c3cnn(Cc4cc(C(F)(F)F)ccc4Cl)c3)[nH]c2c1=O. The Kier molecular flexibility index (Phi) is 5.21. The third-order valence-corrected chi connectivity index (χ3v) is 5.06. The van der Waals surface area contributed by atoms with Crippen LogP contribution >= 0.6 is 11.6 Å². The van der Waals surface area contributed by atoms with Crippen molar-refractivity contribution in [2.75, 3.05) is 0 Å². The van der Waals surface area contributed by atoms with E-state index in [4.69, 9.17) is 11.6 Å². The van der Waals surface area contributed by atoms with Crippen molar-refractivity contribution in [1.29, 1.82) is 0 Å². The summed E-state index contributed by atoms with van der Waals surface area (Å²) in [5.74, 6) is 0.290. The Hall–Kier alpha value is -3.34. The number of rotatable bonds is 5. The van der Waals surface area contributed by atoms with E-state index < -0.39 is 23.0 Å². The average molecular weight is 453 g/mol. The molecule has 0 bridgehead atoms. The van der Waals surface area contributed by atoms with Crippen LogP contribution < -0.4 is 11.2 Å². The highest BCUT2D eigenvalue weighted by Gasteiger charge is 2.31. The van der Waals surface area contributed by atoms with Gasteiger partial charge in [-0.15, -0.1) is 0 Å². The number of aromatic amines is 2. The molecule has 31 heavy (non-hydrogen) atoms. The minimum absolute atomic E-state index is 0.00310. The average Bonchev–Trinajstić information content (AvgIpc) is 3.33. The number of benzene rings is 1. The molecule has 0 aliphatic carbocycles. The molecule has 0 fully saturated rings. The summed E-state index contributed by atoms with van der Waals surface area (Å²) in [5.41, 5.74) is -0.828. The first-order valence-corrected chi connectivity index (χ1v) is 9.66. The van der Waals surface area contributed by atoms with Gasteiger partial charge in [-0.25, -0.2) is 9.78 Å². The molecule has 0 aliphatic heterocycles. The maximum Gasteiger partial charge on any atom is 0.416 e. The molecule has 0 saturated carbocycles. The summed E-state index contributed by atoms with van der Waals surface area (Å²) in [6.45, 7) is 2.12. The van der Waals surface area contributed by atoms with E-state index in [2.05, 4.69) is 20.1 Å². The zero-order valence-electron chi connectivity index (χ0n) is 16.1. The molecule has 4 rings (SSSR count). The molecule has 162 valence electrons. The van der Waals surface area contributed by atoms with Gasteiger partial charge < -0.3 is 4.98 Å². The van der Waals surface area contributed by atoms with Crippen molar-refractivity contribution in [1.82, 2.24) is 29.3 Å². The number of fused-ring (bicyclic) bond motifs is 1. The van der Waals surface area contributed by atoms with Crippen molar-refractivity contribution in [2.24, 2.45) is 0 Å². The Labute approximate surface area is 177 Å². The number of hydrogen-bond acceptors (Lipinski definition) is 4. The summed E-state index contributed by atoms with van der Waals surface area (Å²) in [4.78, 5) is 34.3.